The van der Waals surface area contributed by atoms with Gasteiger partial charge < -0.3 is 10.0 Å². The van der Waals surface area contributed by atoms with Gasteiger partial charge in [0, 0.05) is 19.0 Å². The lowest BCUT2D eigenvalue weighted by Gasteiger charge is -2.17. The highest BCUT2D eigenvalue weighted by Crippen LogP contribution is 2.36. The minimum absolute atomic E-state index is 0.00718. The molecule has 0 radical (unpaired) electrons. The highest BCUT2D eigenvalue weighted by molar-refractivity contribution is 7.15. The van der Waals surface area contributed by atoms with Gasteiger partial charge in [0.2, 0.25) is 0 Å². The fourth-order valence-electron chi connectivity index (χ4n) is 1.96. The number of hydrogen-bond acceptors (Lipinski definition) is 4. The zero-order valence-electron chi connectivity index (χ0n) is 11.2. The van der Waals surface area contributed by atoms with Crippen molar-refractivity contribution in [1.29, 1.82) is 0 Å². The molecule has 0 saturated heterocycles. The van der Waals surface area contributed by atoms with E-state index in [-0.39, 0.29) is 12.0 Å². The van der Waals surface area contributed by atoms with Crippen LogP contribution in [0.1, 0.15) is 44.2 Å². The zero-order valence-corrected chi connectivity index (χ0v) is 12.0. The van der Waals surface area contributed by atoms with Gasteiger partial charge in [0.05, 0.1) is 17.2 Å². The second kappa shape index (κ2) is 4.58. The molecule has 0 unspecified atom stereocenters. The molecule has 1 fully saturated rings. The van der Waals surface area contributed by atoms with E-state index in [0.29, 0.717) is 0 Å². The topological polar surface area (TPSA) is 36.4 Å². The van der Waals surface area contributed by atoms with Crippen molar-refractivity contribution in [2.45, 2.75) is 45.6 Å². The molecule has 1 aliphatic rings. The van der Waals surface area contributed by atoms with Crippen LogP contribution in [0.15, 0.2) is 0 Å². The summed E-state index contributed by atoms with van der Waals surface area (Å²) >= 11 is 1.63. The Bertz CT molecular complexity index is 391. The molecule has 1 N–H and O–H groups in total. The average molecular weight is 254 g/mol. The predicted octanol–water partition coefficient (Wildman–Crippen LogP) is 2.78. The summed E-state index contributed by atoms with van der Waals surface area (Å²) in [6, 6.07) is 0. The monoisotopic (exact) mass is 254 g/mol. The second-order valence-corrected chi connectivity index (χ2v) is 7.06. The van der Waals surface area contributed by atoms with Crippen molar-refractivity contribution < 1.29 is 5.11 Å². The van der Waals surface area contributed by atoms with Crippen LogP contribution in [0.5, 0.6) is 0 Å². The Hall–Kier alpha value is -0.610. The van der Waals surface area contributed by atoms with E-state index in [9.17, 15) is 5.11 Å². The van der Waals surface area contributed by atoms with Crippen LogP contribution in [0.2, 0.25) is 0 Å². The third-order valence-corrected chi connectivity index (χ3v) is 4.25. The minimum Gasteiger partial charge on any atom is -0.391 e. The number of anilines is 1. The molecule has 0 spiro atoms. The number of rotatable bonds is 4. The van der Waals surface area contributed by atoms with Gasteiger partial charge in [-0.05, 0) is 18.8 Å². The van der Waals surface area contributed by atoms with Crippen LogP contribution in [-0.2, 0) is 12.0 Å². The average Bonchev–Trinajstić information content (AvgIpc) is 2.93. The van der Waals surface area contributed by atoms with Crippen LogP contribution in [-0.4, -0.2) is 23.7 Å². The summed E-state index contributed by atoms with van der Waals surface area (Å²) in [4.78, 5) is 7.96. The molecular formula is C13H22N2OS. The van der Waals surface area contributed by atoms with Crippen molar-refractivity contribution in [3.63, 3.8) is 0 Å². The van der Waals surface area contributed by atoms with E-state index in [4.69, 9.17) is 4.98 Å². The predicted molar refractivity (Wildman–Crippen MR) is 72.7 cm³/mol. The molecule has 17 heavy (non-hydrogen) atoms. The molecule has 1 aromatic heterocycles. The van der Waals surface area contributed by atoms with Crippen molar-refractivity contribution in [3.05, 3.63) is 10.6 Å². The van der Waals surface area contributed by atoms with Gasteiger partial charge in [-0.1, -0.05) is 32.1 Å². The molecule has 4 heteroatoms. The Morgan fingerprint density at radius 3 is 2.47 bits per heavy atom. The Kier molecular flexibility index (Phi) is 3.46. The lowest BCUT2D eigenvalue weighted by atomic mass is 9.91. The van der Waals surface area contributed by atoms with Crippen molar-refractivity contribution in [1.82, 2.24) is 4.98 Å². The van der Waals surface area contributed by atoms with Crippen molar-refractivity contribution in [2.75, 3.05) is 18.5 Å². The quantitative estimate of drug-likeness (QED) is 0.897. The first-order valence-electron chi connectivity index (χ1n) is 6.24. The maximum atomic E-state index is 9.42. The molecule has 1 heterocycles. The molecule has 1 saturated carbocycles. The number of hydrogen-bond donors (Lipinski definition) is 1. The van der Waals surface area contributed by atoms with E-state index in [2.05, 4.69) is 32.7 Å². The summed E-state index contributed by atoms with van der Waals surface area (Å²) in [5.74, 6) is 0.861. The molecule has 0 aromatic carbocycles. The maximum absolute atomic E-state index is 9.42. The number of aliphatic hydroxyl groups excluding tert-OH is 1. The summed E-state index contributed by atoms with van der Waals surface area (Å²) < 4.78 is 0. The van der Waals surface area contributed by atoms with Gasteiger partial charge in [0.25, 0.3) is 0 Å². The lowest BCUT2D eigenvalue weighted by Crippen LogP contribution is -2.20. The van der Waals surface area contributed by atoms with Crippen molar-refractivity contribution >= 4 is 16.5 Å². The Morgan fingerprint density at radius 1 is 1.41 bits per heavy atom. The molecule has 2 rings (SSSR count). The van der Waals surface area contributed by atoms with Crippen molar-refractivity contribution in [2.24, 2.45) is 5.92 Å². The van der Waals surface area contributed by atoms with E-state index in [0.717, 1.165) is 28.2 Å². The van der Waals surface area contributed by atoms with E-state index in [1.807, 2.05) is 0 Å². The number of aliphatic hydroxyl groups is 1. The van der Waals surface area contributed by atoms with Crippen LogP contribution in [0, 0.1) is 5.92 Å². The van der Waals surface area contributed by atoms with Crippen LogP contribution < -0.4 is 4.90 Å². The van der Waals surface area contributed by atoms with E-state index < -0.39 is 0 Å². The highest BCUT2D eigenvalue weighted by atomic mass is 32.1. The summed E-state index contributed by atoms with van der Waals surface area (Å²) in [5.41, 5.74) is 1.05. The minimum atomic E-state index is 0.00718. The lowest BCUT2D eigenvalue weighted by molar-refractivity contribution is 0.282. The van der Waals surface area contributed by atoms with Gasteiger partial charge in [-0.25, -0.2) is 4.98 Å². The molecule has 0 bridgehead atoms. The SMILES string of the molecule is CN(CC1CC1)c1nc(C(C)(C)C)c(CO)s1. The van der Waals surface area contributed by atoms with E-state index in [1.165, 1.54) is 12.8 Å². The Morgan fingerprint density at radius 2 is 2.06 bits per heavy atom. The number of thiazole rings is 1. The fraction of sp³-hybridized carbons (Fsp3) is 0.769. The number of aromatic nitrogens is 1. The van der Waals surface area contributed by atoms with Crippen LogP contribution in [0.25, 0.3) is 0 Å². The van der Waals surface area contributed by atoms with Gasteiger partial charge in [0.1, 0.15) is 0 Å². The summed E-state index contributed by atoms with van der Waals surface area (Å²) in [5, 5.41) is 10.5. The largest absolute Gasteiger partial charge is 0.391 e. The first-order valence-corrected chi connectivity index (χ1v) is 7.05. The maximum Gasteiger partial charge on any atom is 0.185 e. The van der Waals surface area contributed by atoms with Crippen LogP contribution in [0.4, 0.5) is 5.13 Å². The molecule has 1 aliphatic carbocycles. The Balaban J connectivity index is 2.20. The molecule has 0 amide bonds. The highest BCUT2D eigenvalue weighted by Gasteiger charge is 2.27. The van der Waals surface area contributed by atoms with Crippen LogP contribution >= 0.6 is 11.3 Å². The van der Waals surface area contributed by atoms with Gasteiger partial charge in [-0.15, -0.1) is 0 Å². The van der Waals surface area contributed by atoms with Gasteiger partial charge in [-0.3, -0.25) is 0 Å². The normalized spacial score (nSPS) is 16.3. The van der Waals surface area contributed by atoms with Gasteiger partial charge >= 0.3 is 0 Å². The smallest absolute Gasteiger partial charge is 0.185 e. The standard InChI is InChI=1S/C13H22N2OS/c1-13(2,3)11-10(8-16)17-12(14-11)15(4)7-9-5-6-9/h9,16H,5-8H2,1-4H3. The fourth-order valence-corrected chi connectivity index (χ4v) is 3.06. The van der Waals surface area contributed by atoms with Crippen molar-refractivity contribution in [3.8, 4) is 0 Å². The van der Waals surface area contributed by atoms with E-state index in [1.54, 1.807) is 11.3 Å². The third kappa shape index (κ3) is 2.99. The first kappa shape index (κ1) is 12.8. The number of nitrogens with zero attached hydrogens (tertiary/aromatic N) is 2. The molecule has 96 valence electrons. The first-order chi connectivity index (χ1) is 7.91. The Labute approximate surface area is 107 Å². The molecule has 3 nitrogen and oxygen atoms in total. The third-order valence-electron chi connectivity index (χ3n) is 3.10. The summed E-state index contributed by atoms with van der Waals surface area (Å²) in [6.45, 7) is 7.63. The van der Waals surface area contributed by atoms with E-state index >= 15 is 0 Å². The molecular weight excluding hydrogens is 232 g/mol. The second-order valence-electron chi connectivity index (χ2n) is 6.00. The summed E-state index contributed by atoms with van der Waals surface area (Å²) in [7, 11) is 2.10. The van der Waals surface area contributed by atoms with Gasteiger partial charge in [0.15, 0.2) is 5.13 Å². The van der Waals surface area contributed by atoms with Gasteiger partial charge in [-0.2, -0.15) is 0 Å². The summed E-state index contributed by atoms with van der Waals surface area (Å²) in [6.07, 6.45) is 2.71. The molecule has 1 aromatic rings. The zero-order chi connectivity index (χ0) is 12.6. The molecule has 0 atom stereocenters. The van der Waals surface area contributed by atoms with Crippen LogP contribution in [0.3, 0.4) is 0 Å². The molecule has 0 aliphatic heterocycles.